The van der Waals surface area contributed by atoms with Crippen LogP contribution in [0.25, 0.3) is 5.57 Å². The molecule has 0 spiro atoms. The van der Waals surface area contributed by atoms with Gasteiger partial charge in [0.05, 0.1) is 0 Å². The first kappa shape index (κ1) is 23.4. The van der Waals surface area contributed by atoms with E-state index in [4.69, 9.17) is 0 Å². The van der Waals surface area contributed by atoms with Crippen LogP contribution in [0.4, 0.5) is 4.39 Å². The molecule has 1 unspecified atom stereocenters. The quantitative estimate of drug-likeness (QED) is 0.493. The summed E-state index contributed by atoms with van der Waals surface area (Å²) < 4.78 is 13.2. The molecule has 0 amide bonds. The van der Waals surface area contributed by atoms with Crippen molar-refractivity contribution in [3.8, 4) is 0 Å². The van der Waals surface area contributed by atoms with Gasteiger partial charge in [-0.25, -0.2) is 4.39 Å². The molecule has 150 valence electrons. The maximum absolute atomic E-state index is 13.2. The van der Waals surface area contributed by atoms with Crippen LogP contribution in [0, 0.1) is 18.7 Å². The molecule has 2 heteroatoms. The van der Waals surface area contributed by atoms with Crippen LogP contribution in [-0.4, -0.2) is 0 Å². The summed E-state index contributed by atoms with van der Waals surface area (Å²) in [7, 11) is 0. The number of hydrogen-bond donors (Lipinski definition) is 1. The summed E-state index contributed by atoms with van der Waals surface area (Å²) in [5, 5.41) is 3.17. The van der Waals surface area contributed by atoms with Crippen LogP contribution in [0.15, 0.2) is 79.0 Å². The van der Waals surface area contributed by atoms with Gasteiger partial charge in [-0.1, -0.05) is 68.1 Å². The van der Waals surface area contributed by atoms with Gasteiger partial charge in [-0.15, -0.1) is 0 Å². The summed E-state index contributed by atoms with van der Waals surface area (Å²) in [5.74, 6) is 0.309. The molecule has 2 aromatic carbocycles. The highest BCUT2D eigenvalue weighted by atomic mass is 19.1. The first-order valence-corrected chi connectivity index (χ1v) is 9.75. The molecule has 1 nitrogen and oxygen atoms in total. The molecule has 0 aliphatic rings. The molecular weight excluding hydrogens is 345 g/mol. The molecule has 2 rings (SSSR count). The molecule has 0 fully saturated rings. The van der Waals surface area contributed by atoms with Gasteiger partial charge < -0.3 is 5.32 Å². The van der Waals surface area contributed by atoms with E-state index in [0.29, 0.717) is 11.5 Å². The largest absolute Gasteiger partial charge is 0.385 e. The Hall–Kier alpha value is -2.61. The van der Waals surface area contributed by atoms with Crippen molar-refractivity contribution in [2.75, 3.05) is 0 Å². The number of halogens is 1. The van der Waals surface area contributed by atoms with Gasteiger partial charge in [0.1, 0.15) is 5.82 Å². The zero-order valence-electron chi connectivity index (χ0n) is 18.0. The Labute approximate surface area is 170 Å². The number of hydrogen-bond acceptors (Lipinski definition) is 1. The standard InChI is InChI=1S/C16H21F.C10H13N/c1-6-14(9-12(4)11(2)3)15-7-8-16(17)13(5)10-15;1-9(2)11-8-10-6-4-3-5-7-10/h6-8,10,12H,2,9H2,1,3-5H3;3-7,11H,1,8H2,2H3/b14-6+;. The zero-order chi connectivity index (χ0) is 21.1. The van der Waals surface area contributed by atoms with Gasteiger partial charge in [-0.3, -0.25) is 0 Å². The molecule has 0 aliphatic heterocycles. The van der Waals surface area contributed by atoms with E-state index in [9.17, 15) is 4.39 Å². The zero-order valence-corrected chi connectivity index (χ0v) is 18.0. The third kappa shape index (κ3) is 8.39. The summed E-state index contributed by atoms with van der Waals surface area (Å²) in [6, 6.07) is 15.6. The van der Waals surface area contributed by atoms with Crippen LogP contribution in [0.1, 0.15) is 50.8 Å². The number of rotatable bonds is 7. The van der Waals surface area contributed by atoms with Crippen molar-refractivity contribution in [1.82, 2.24) is 5.32 Å². The minimum Gasteiger partial charge on any atom is -0.385 e. The lowest BCUT2D eigenvalue weighted by molar-refractivity contribution is 0.618. The molecule has 0 aromatic heterocycles. The summed E-state index contributed by atoms with van der Waals surface area (Å²) in [6.07, 6.45) is 3.06. The summed E-state index contributed by atoms with van der Waals surface area (Å²) in [4.78, 5) is 0. The fraction of sp³-hybridized carbons (Fsp3) is 0.308. The van der Waals surface area contributed by atoms with Gasteiger partial charge in [0.25, 0.3) is 0 Å². The number of allylic oxidation sites excluding steroid dienone is 4. The van der Waals surface area contributed by atoms with E-state index < -0.39 is 0 Å². The fourth-order valence-electron chi connectivity index (χ4n) is 2.60. The first-order chi connectivity index (χ1) is 13.2. The van der Waals surface area contributed by atoms with Crippen LogP contribution in [0.2, 0.25) is 0 Å². The lowest BCUT2D eigenvalue weighted by atomic mass is 9.91. The topological polar surface area (TPSA) is 12.0 Å². The van der Waals surface area contributed by atoms with Crippen molar-refractivity contribution in [1.29, 1.82) is 0 Å². The van der Waals surface area contributed by atoms with Crippen molar-refractivity contribution in [2.45, 2.75) is 47.6 Å². The molecule has 1 N–H and O–H groups in total. The van der Waals surface area contributed by atoms with E-state index in [2.05, 4.69) is 43.6 Å². The van der Waals surface area contributed by atoms with Gasteiger partial charge in [0.15, 0.2) is 0 Å². The Morgan fingerprint density at radius 2 is 1.75 bits per heavy atom. The van der Waals surface area contributed by atoms with E-state index in [-0.39, 0.29) is 5.82 Å². The van der Waals surface area contributed by atoms with Gasteiger partial charge in [-0.05, 0) is 74.4 Å². The Kier molecular flexibility index (Phi) is 10.0. The van der Waals surface area contributed by atoms with Crippen LogP contribution >= 0.6 is 0 Å². The predicted molar refractivity (Wildman–Crippen MR) is 121 cm³/mol. The minimum atomic E-state index is -0.142. The van der Waals surface area contributed by atoms with Crippen molar-refractivity contribution in [2.24, 2.45) is 5.92 Å². The second-order valence-electron chi connectivity index (χ2n) is 7.35. The lowest BCUT2D eigenvalue weighted by Crippen LogP contribution is -2.08. The normalized spacial score (nSPS) is 11.9. The SMILES string of the molecule is C=C(C)C(C)C/C(=C\C)c1ccc(F)c(C)c1.C=C(C)NCc1ccccc1. The average molecular weight is 380 g/mol. The molecule has 0 bridgehead atoms. The Morgan fingerprint density at radius 1 is 1.11 bits per heavy atom. The minimum absolute atomic E-state index is 0.142. The van der Waals surface area contributed by atoms with E-state index in [1.165, 1.54) is 16.7 Å². The molecular formula is C26H34FN. The second-order valence-corrected chi connectivity index (χ2v) is 7.35. The highest BCUT2D eigenvalue weighted by Crippen LogP contribution is 2.26. The molecule has 0 saturated carbocycles. The lowest BCUT2D eigenvalue weighted by Gasteiger charge is -2.15. The number of nitrogens with one attached hydrogen (secondary N) is 1. The fourth-order valence-corrected chi connectivity index (χ4v) is 2.60. The third-order valence-electron chi connectivity index (χ3n) is 4.68. The highest BCUT2D eigenvalue weighted by Gasteiger charge is 2.09. The average Bonchev–Trinajstić information content (AvgIpc) is 2.67. The Balaban J connectivity index is 0.000000307. The van der Waals surface area contributed by atoms with Gasteiger partial charge in [0.2, 0.25) is 0 Å². The van der Waals surface area contributed by atoms with Crippen LogP contribution < -0.4 is 5.32 Å². The molecule has 0 aliphatic carbocycles. The van der Waals surface area contributed by atoms with Gasteiger partial charge >= 0.3 is 0 Å². The van der Waals surface area contributed by atoms with Crippen LogP contribution in [0.3, 0.4) is 0 Å². The Bertz CT molecular complexity index is 802. The molecule has 28 heavy (non-hydrogen) atoms. The van der Waals surface area contributed by atoms with Gasteiger partial charge in [0, 0.05) is 12.2 Å². The van der Waals surface area contributed by atoms with Gasteiger partial charge in [-0.2, -0.15) is 0 Å². The summed E-state index contributed by atoms with van der Waals surface area (Å²) >= 11 is 0. The maximum Gasteiger partial charge on any atom is 0.126 e. The molecule has 2 aromatic rings. The van der Waals surface area contributed by atoms with E-state index in [1.807, 2.05) is 51.1 Å². The smallest absolute Gasteiger partial charge is 0.126 e. The van der Waals surface area contributed by atoms with E-state index in [0.717, 1.165) is 24.2 Å². The van der Waals surface area contributed by atoms with Crippen molar-refractivity contribution in [3.05, 3.63) is 102 Å². The van der Waals surface area contributed by atoms with Crippen molar-refractivity contribution in [3.63, 3.8) is 0 Å². The molecule has 0 heterocycles. The highest BCUT2D eigenvalue weighted by molar-refractivity contribution is 5.66. The number of aryl methyl sites for hydroxylation is 1. The third-order valence-corrected chi connectivity index (χ3v) is 4.68. The maximum atomic E-state index is 13.2. The van der Waals surface area contributed by atoms with E-state index >= 15 is 0 Å². The van der Waals surface area contributed by atoms with Crippen LogP contribution in [0.5, 0.6) is 0 Å². The second kappa shape index (κ2) is 12.0. The summed E-state index contributed by atoms with van der Waals surface area (Å²) in [6.45, 7) is 18.6. The number of benzene rings is 2. The van der Waals surface area contributed by atoms with Crippen LogP contribution in [-0.2, 0) is 6.54 Å². The first-order valence-electron chi connectivity index (χ1n) is 9.75. The van der Waals surface area contributed by atoms with Crippen molar-refractivity contribution >= 4 is 5.57 Å². The van der Waals surface area contributed by atoms with Crippen molar-refractivity contribution < 1.29 is 4.39 Å². The molecule has 1 atom stereocenters. The Morgan fingerprint density at radius 3 is 2.25 bits per heavy atom. The molecule has 0 saturated heterocycles. The van der Waals surface area contributed by atoms with E-state index in [1.54, 1.807) is 13.0 Å². The molecule has 0 radical (unpaired) electrons. The predicted octanol–water partition coefficient (Wildman–Crippen LogP) is 7.45. The summed E-state index contributed by atoms with van der Waals surface area (Å²) in [5.41, 5.74) is 6.54. The monoisotopic (exact) mass is 379 g/mol.